The molecule has 0 radical (unpaired) electrons. The van der Waals surface area contributed by atoms with Crippen molar-refractivity contribution < 1.29 is 12.9 Å². The second-order valence-electron chi connectivity index (χ2n) is 6.96. The third kappa shape index (κ3) is 4.53. The molecule has 1 aromatic heterocycles. The lowest BCUT2D eigenvalue weighted by molar-refractivity contribution is 0.182. The van der Waals surface area contributed by atoms with Crippen LogP contribution in [0.3, 0.4) is 0 Å². The van der Waals surface area contributed by atoms with Crippen molar-refractivity contribution in [1.82, 2.24) is 15.0 Å². The molecule has 1 aromatic rings. The topological polar surface area (TPSA) is 76.3 Å². The minimum Gasteiger partial charge on any atom is -0.339 e. The molecule has 7 heteroatoms. The van der Waals surface area contributed by atoms with Gasteiger partial charge >= 0.3 is 0 Å². The molecule has 130 valence electrons. The van der Waals surface area contributed by atoms with Gasteiger partial charge in [0.1, 0.15) is 9.84 Å². The third-order valence-electron chi connectivity index (χ3n) is 5.11. The molecule has 2 saturated heterocycles. The maximum atomic E-state index is 11.5. The maximum absolute atomic E-state index is 11.5. The van der Waals surface area contributed by atoms with E-state index >= 15 is 0 Å². The smallest absolute Gasteiger partial charge is 0.229 e. The zero-order chi connectivity index (χ0) is 16.3. The Morgan fingerprint density at radius 3 is 2.52 bits per heavy atom. The number of hydrogen-bond donors (Lipinski definition) is 0. The van der Waals surface area contributed by atoms with E-state index in [0.717, 1.165) is 12.2 Å². The Hall–Kier alpha value is -0.950. The molecule has 0 atom stereocenters. The van der Waals surface area contributed by atoms with Gasteiger partial charge < -0.3 is 9.42 Å². The normalized spacial score (nSPS) is 24.0. The lowest BCUT2D eigenvalue weighted by atomic mass is 9.93. The van der Waals surface area contributed by atoms with Crippen LogP contribution in [0.25, 0.3) is 0 Å². The average molecular weight is 341 g/mol. The van der Waals surface area contributed by atoms with Crippen LogP contribution in [-0.4, -0.2) is 54.6 Å². The Morgan fingerprint density at radius 2 is 1.87 bits per heavy atom. The van der Waals surface area contributed by atoms with E-state index in [4.69, 9.17) is 4.52 Å². The van der Waals surface area contributed by atoms with Gasteiger partial charge in [-0.2, -0.15) is 4.98 Å². The highest BCUT2D eigenvalue weighted by molar-refractivity contribution is 7.91. The zero-order valence-corrected chi connectivity index (χ0v) is 14.7. The van der Waals surface area contributed by atoms with Crippen molar-refractivity contribution in [2.75, 3.05) is 31.1 Å². The van der Waals surface area contributed by atoms with E-state index in [2.05, 4.69) is 22.0 Å². The van der Waals surface area contributed by atoms with Crippen LogP contribution in [-0.2, 0) is 16.3 Å². The van der Waals surface area contributed by atoms with Crippen LogP contribution in [0.5, 0.6) is 0 Å². The molecule has 2 fully saturated rings. The second-order valence-corrected chi connectivity index (χ2v) is 9.27. The Kier molecular flexibility index (Phi) is 5.36. The fourth-order valence-corrected chi connectivity index (χ4v) is 5.13. The molecule has 23 heavy (non-hydrogen) atoms. The first-order valence-electron chi connectivity index (χ1n) is 8.81. The summed E-state index contributed by atoms with van der Waals surface area (Å²) in [5, 5.41) is 4.13. The van der Waals surface area contributed by atoms with Crippen LogP contribution in [0.4, 0.5) is 0 Å². The molecule has 3 rings (SSSR count). The fraction of sp³-hybridized carbons (Fsp3) is 0.875. The maximum Gasteiger partial charge on any atom is 0.229 e. The second kappa shape index (κ2) is 7.30. The van der Waals surface area contributed by atoms with Crippen molar-refractivity contribution in [3.8, 4) is 0 Å². The van der Waals surface area contributed by atoms with Gasteiger partial charge in [-0.05, 0) is 57.7 Å². The summed E-state index contributed by atoms with van der Waals surface area (Å²) in [5.41, 5.74) is 0. The molecular formula is C16H27N3O3S. The molecule has 0 aliphatic carbocycles. The summed E-state index contributed by atoms with van der Waals surface area (Å²) in [6, 6.07) is 0. The first kappa shape index (κ1) is 16.9. The molecule has 0 spiro atoms. The first-order chi connectivity index (χ1) is 11.1. The molecule has 0 aromatic carbocycles. The fourth-order valence-electron chi connectivity index (χ4n) is 3.64. The lowest BCUT2D eigenvalue weighted by Crippen LogP contribution is -2.34. The van der Waals surface area contributed by atoms with E-state index in [-0.39, 0.29) is 17.4 Å². The Morgan fingerprint density at radius 1 is 1.17 bits per heavy atom. The highest BCUT2D eigenvalue weighted by Gasteiger charge is 2.29. The van der Waals surface area contributed by atoms with Gasteiger partial charge in [0, 0.05) is 12.3 Å². The van der Waals surface area contributed by atoms with Crippen molar-refractivity contribution in [1.29, 1.82) is 0 Å². The first-order valence-corrected chi connectivity index (χ1v) is 10.6. The minimum absolute atomic E-state index is 0.117. The number of aromatic nitrogens is 2. The molecule has 0 N–H and O–H groups in total. The third-order valence-corrected chi connectivity index (χ3v) is 6.82. The average Bonchev–Trinajstić information content (AvgIpc) is 2.98. The van der Waals surface area contributed by atoms with Crippen LogP contribution in [0.15, 0.2) is 4.52 Å². The van der Waals surface area contributed by atoms with Crippen LogP contribution in [0.1, 0.15) is 56.7 Å². The SMILES string of the molecule is CCCN1CCC(Cc2noc(C3CCS(=O)(=O)CC3)n2)CC1. The molecule has 2 aliphatic rings. The molecule has 6 nitrogen and oxygen atoms in total. The van der Waals surface area contributed by atoms with E-state index in [0.29, 0.717) is 24.7 Å². The summed E-state index contributed by atoms with van der Waals surface area (Å²) < 4.78 is 28.4. The Balaban J connectivity index is 1.50. The molecule has 0 unspecified atom stereocenters. The number of rotatable bonds is 5. The predicted molar refractivity (Wildman–Crippen MR) is 88.1 cm³/mol. The lowest BCUT2D eigenvalue weighted by Gasteiger charge is -2.31. The summed E-state index contributed by atoms with van der Waals surface area (Å²) in [6.07, 6.45) is 5.72. The Bertz CT molecular complexity index is 592. The van der Waals surface area contributed by atoms with Crippen LogP contribution >= 0.6 is 0 Å². The predicted octanol–water partition coefficient (Wildman–Crippen LogP) is 2.03. The van der Waals surface area contributed by atoms with Crippen LogP contribution in [0.2, 0.25) is 0 Å². The van der Waals surface area contributed by atoms with Crippen molar-refractivity contribution in [3.05, 3.63) is 11.7 Å². The van der Waals surface area contributed by atoms with Gasteiger partial charge in [-0.25, -0.2) is 8.42 Å². The van der Waals surface area contributed by atoms with Crippen LogP contribution < -0.4 is 0 Å². The van der Waals surface area contributed by atoms with E-state index in [1.54, 1.807) is 0 Å². The van der Waals surface area contributed by atoms with Gasteiger partial charge in [0.15, 0.2) is 5.82 Å². The minimum atomic E-state index is -2.84. The van der Waals surface area contributed by atoms with Gasteiger partial charge in [-0.3, -0.25) is 0 Å². The summed E-state index contributed by atoms with van der Waals surface area (Å²) in [5.74, 6) is 2.67. The molecule has 0 amide bonds. The van der Waals surface area contributed by atoms with E-state index < -0.39 is 9.84 Å². The number of nitrogens with zero attached hydrogens (tertiary/aromatic N) is 3. The van der Waals surface area contributed by atoms with E-state index in [1.165, 1.54) is 38.9 Å². The van der Waals surface area contributed by atoms with E-state index in [9.17, 15) is 8.42 Å². The molecule has 0 saturated carbocycles. The summed E-state index contributed by atoms with van der Waals surface area (Å²) in [6.45, 7) is 5.76. The van der Waals surface area contributed by atoms with Crippen LogP contribution in [0, 0.1) is 5.92 Å². The largest absolute Gasteiger partial charge is 0.339 e. The molecular weight excluding hydrogens is 314 g/mol. The molecule has 0 bridgehead atoms. The quantitative estimate of drug-likeness (QED) is 0.815. The van der Waals surface area contributed by atoms with Gasteiger partial charge in [0.05, 0.1) is 11.5 Å². The van der Waals surface area contributed by atoms with Gasteiger partial charge in [0.25, 0.3) is 0 Å². The van der Waals surface area contributed by atoms with E-state index in [1.807, 2.05) is 0 Å². The number of sulfone groups is 1. The zero-order valence-electron chi connectivity index (χ0n) is 13.9. The summed E-state index contributed by atoms with van der Waals surface area (Å²) in [7, 11) is -2.84. The van der Waals surface area contributed by atoms with Gasteiger partial charge in [-0.15, -0.1) is 0 Å². The van der Waals surface area contributed by atoms with Crippen molar-refractivity contribution >= 4 is 9.84 Å². The highest BCUT2D eigenvalue weighted by atomic mass is 32.2. The Labute approximate surface area is 138 Å². The van der Waals surface area contributed by atoms with Crippen molar-refractivity contribution in [2.45, 2.75) is 51.4 Å². The number of likely N-dealkylation sites (tertiary alicyclic amines) is 1. The summed E-state index contributed by atoms with van der Waals surface area (Å²) >= 11 is 0. The summed E-state index contributed by atoms with van der Waals surface area (Å²) in [4.78, 5) is 7.07. The highest BCUT2D eigenvalue weighted by Crippen LogP contribution is 2.28. The van der Waals surface area contributed by atoms with Crippen molar-refractivity contribution in [2.24, 2.45) is 5.92 Å². The monoisotopic (exact) mass is 341 g/mol. The van der Waals surface area contributed by atoms with Gasteiger partial charge in [0.2, 0.25) is 5.89 Å². The van der Waals surface area contributed by atoms with Gasteiger partial charge in [-0.1, -0.05) is 12.1 Å². The number of piperidine rings is 1. The molecule has 3 heterocycles. The standard InChI is InChI=1S/C16H27N3O3S/c1-2-7-19-8-3-13(4-9-19)12-15-17-16(22-18-15)14-5-10-23(20,21)11-6-14/h13-14H,2-12H2,1H3. The molecule has 2 aliphatic heterocycles. The number of hydrogen-bond acceptors (Lipinski definition) is 6. The van der Waals surface area contributed by atoms with Crippen molar-refractivity contribution in [3.63, 3.8) is 0 Å².